The third kappa shape index (κ3) is 3.10. The normalized spacial score (nSPS) is 17.5. The lowest BCUT2D eigenvalue weighted by Crippen LogP contribution is -2.39. The molecule has 1 unspecified atom stereocenters. The minimum absolute atomic E-state index is 0.0649. The summed E-state index contributed by atoms with van der Waals surface area (Å²) in [6.07, 6.45) is 7.02. The molecule has 3 aromatic heterocycles. The molecular formula is C18H20N6O2. The van der Waals surface area contributed by atoms with Gasteiger partial charge >= 0.3 is 0 Å². The second kappa shape index (κ2) is 6.70. The fraction of sp³-hybridized carbons (Fsp3) is 0.389. The summed E-state index contributed by atoms with van der Waals surface area (Å²) < 4.78 is 6.95. The van der Waals surface area contributed by atoms with Gasteiger partial charge in [0.15, 0.2) is 11.6 Å². The summed E-state index contributed by atoms with van der Waals surface area (Å²) in [6, 6.07) is 3.85. The van der Waals surface area contributed by atoms with Gasteiger partial charge in [-0.2, -0.15) is 4.98 Å². The zero-order valence-corrected chi connectivity index (χ0v) is 14.8. The van der Waals surface area contributed by atoms with Gasteiger partial charge in [-0.3, -0.25) is 4.79 Å². The van der Waals surface area contributed by atoms with Crippen molar-refractivity contribution in [3.63, 3.8) is 0 Å². The molecule has 0 aliphatic carbocycles. The highest BCUT2D eigenvalue weighted by molar-refractivity contribution is 5.95. The largest absolute Gasteiger partial charge is 0.356 e. The first kappa shape index (κ1) is 16.4. The van der Waals surface area contributed by atoms with Crippen LogP contribution >= 0.6 is 0 Å². The van der Waals surface area contributed by atoms with Crippen LogP contribution in [-0.4, -0.2) is 43.5 Å². The molecule has 1 aliphatic heterocycles. The van der Waals surface area contributed by atoms with Crippen LogP contribution in [0.1, 0.15) is 29.3 Å². The summed E-state index contributed by atoms with van der Waals surface area (Å²) in [5.41, 5.74) is 0.784. The summed E-state index contributed by atoms with van der Waals surface area (Å²) in [4.78, 5) is 27.8. The van der Waals surface area contributed by atoms with E-state index in [-0.39, 0.29) is 11.7 Å². The number of carbonyl (C=O) groups is 1. The lowest BCUT2D eigenvalue weighted by Gasteiger charge is -2.32. The van der Waals surface area contributed by atoms with Crippen molar-refractivity contribution < 1.29 is 9.32 Å². The van der Waals surface area contributed by atoms with Crippen LogP contribution in [0.15, 0.2) is 35.2 Å². The summed E-state index contributed by atoms with van der Waals surface area (Å²) in [7, 11) is 1.85. The average Bonchev–Trinajstić information content (AvgIpc) is 3.30. The van der Waals surface area contributed by atoms with Crippen molar-refractivity contribution in [2.45, 2.75) is 19.8 Å². The van der Waals surface area contributed by atoms with Crippen molar-refractivity contribution in [3.8, 4) is 11.5 Å². The van der Waals surface area contributed by atoms with Crippen LogP contribution in [-0.2, 0) is 7.05 Å². The van der Waals surface area contributed by atoms with Gasteiger partial charge in [0.05, 0.1) is 5.56 Å². The van der Waals surface area contributed by atoms with Gasteiger partial charge in [-0.15, -0.1) is 0 Å². The maximum Gasteiger partial charge on any atom is 0.259 e. The second-order valence-corrected chi connectivity index (χ2v) is 6.56. The van der Waals surface area contributed by atoms with Crippen LogP contribution in [0, 0.1) is 12.8 Å². The Hall–Kier alpha value is -3.03. The fourth-order valence-electron chi connectivity index (χ4n) is 3.30. The molecule has 0 N–H and O–H groups in total. The standard InChI is InChI=1S/C18H20N6O2/c1-12-21-18(26-22-12)13-5-6-15(20-10-13)24-8-3-4-14(11-24)16(25)17-19-7-9-23(17)2/h5-7,9-10,14H,3-4,8,11H2,1-2H3. The van der Waals surface area contributed by atoms with Gasteiger partial charge < -0.3 is 14.0 Å². The Kier molecular flexibility index (Phi) is 4.24. The minimum Gasteiger partial charge on any atom is -0.356 e. The van der Waals surface area contributed by atoms with E-state index in [0.29, 0.717) is 24.1 Å². The van der Waals surface area contributed by atoms with Gasteiger partial charge in [0.2, 0.25) is 5.78 Å². The van der Waals surface area contributed by atoms with Crippen LogP contribution in [0.3, 0.4) is 0 Å². The first-order valence-electron chi connectivity index (χ1n) is 8.65. The van der Waals surface area contributed by atoms with E-state index < -0.39 is 0 Å². The van der Waals surface area contributed by atoms with Crippen molar-refractivity contribution in [1.82, 2.24) is 24.7 Å². The smallest absolute Gasteiger partial charge is 0.259 e. The molecule has 8 nitrogen and oxygen atoms in total. The average molecular weight is 352 g/mol. The minimum atomic E-state index is -0.0649. The lowest BCUT2D eigenvalue weighted by molar-refractivity contribution is 0.0893. The van der Waals surface area contributed by atoms with E-state index in [0.717, 1.165) is 30.8 Å². The highest BCUT2D eigenvalue weighted by atomic mass is 16.5. The van der Waals surface area contributed by atoms with E-state index in [1.54, 1.807) is 30.1 Å². The number of ketones is 1. The number of Topliss-reactive ketones (excluding diaryl/α,β-unsaturated/α-hetero) is 1. The number of rotatable bonds is 4. The van der Waals surface area contributed by atoms with E-state index in [9.17, 15) is 4.79 Å². The number of piperidine rings is 1. The molecule has 0 aromatic carbocycles. The fourth-order valence-corrected chi connectivity index (χ4v) is 3.30. The molecule has 1 saturated heterocycles. The Labute approximate surface area is 150 Å². The molecule has 1 fully saturated rings. The van der Waals surface area contributed by atoms with Gasteiger partial charge in [0.25, 0.3) is 5.89 Å². The first-order valence-corrected chi connectivity index (χ1v) is 8.65. The topological polar surface area (TPSA) is 89.9 Å². The van der Waals surface area contributed by atoms with Crippen molar-refractivity contribution in [2.75, 3.05) is 18.0 Å². The molecule has 0 radical (unpaired) electrons. The number of nitrogens with zero attached hydrogens (tertiary/aromatic N) is 6. The van der Waals surface area contributed by atoms with Gasteiger partial charge in [-0.1, -0.05) is 5.16 Å². The number of hydrogen-bond donors (Lipinski definition) is 0. The lowest BCUT2D eigenvalue weighted by atomic mass is 9.93. The Bertz CT molecular complexity index is 914. The Balaban J connectivity index is 1.49. The Morgan fingerprint density at radius 1 is 1.31 bits per heavy atom. The van der Waals surface area contributed by atoms with E-state index in [1.165, 1.54) is 0 Å². The van der Waals surface area contributed by atoms with Crippen molar-refractivity contribution in [3.05, 3.63) is 42.4 Å². The molecule has 134 valence electrons. The Morgan fingerprint density at radius 2 is 2.19 bits per heavy atom. The maximum absolute atomic E-state index is 12.7. The molecule has 8 heteroatoms. The van der Waals surface area contributed by atoms with E-state index in [4.69, 9.17) is 4.52 Å². The van der Waals surface area contributed by atoms with Gasteiger partial charge in [-0.25, -0.2) is 9.97 Å². The third-order valence-electron chi connectivity index (χ3n) is 4.68. The quantitative estimate of drug-likeness (QED) is 0.665. The molecule has 3 aromatic rings. The zero-order chi connectivity index (χ0) is 18.1. The second-order valence-electron chi connectivity index (χ2n) is 6.56. The highest BCUT2D eigenvalue weighted by Gasteiger charge is 2.29. The summed E-state index contributed by atoms with van der Waals surface area (Å²) in [5, 5.41) is 3.80. The van der Waals surface area contributed by atoms with Crippen LogP contribution in [0.25, 0.3) is 11.5 Å². The molecule has 1 atom stereocenters. The highest BCUT2D eigenvalue weighted by Crippen LogP contribution is 2.25. The van der Waals surface area contributed by atoms with Crippen LogP contribution in [0.2, 0.25) is 0 Å². The van der Waals surface area contributed by atoms with E-state index in [2.05, 4.69) is 25.0 Å². The summed E-state index contributed by atoms with van der Waals surface area (Å²) in [6.45, 7) is 3.31. The van der Waals surface area contributed by atoms with E-state index >= 15 is 0 Å². The van der Waals surface area contributed by atoms with Gasteiger partial charge in [-0.05, 0) is 31.9 Å². The number of pyridine rings is 1. The third-order valence-corrected chi connectivity index (χ3v) is 4.68. The van der Waals surface area contributed by atoms with Crippen LogP contribution in [0.4, 0.5) is 5.82 Å². The maximum atomic E-state index is 12.7. The monoisotopic (exact) mass is 352 g/mol. The summed E-state index contributed by atoms with van der Waals surface area (Å²) in [5.74, 6) is 2.46. The predicted molar refractivity (Wildman–Crippen MR) is 94.7 cm³/mol. The van der Waals surface area contributed by atoms with Crippen molar-refractivity contribution in [2.24, 2.45) is 13.0 Å². The molecular weight excluding hydrogens is 332 g/mol. The first-order chi connectivity index (χ1) is 12.6. The zero-order valence-electron chi connectivity index (χ0n) is 14.8. The van der Waals surface area contributed by atoms with Gasteiger partial charge in [0.1, 0.15) is 5.82 Å². The summed E-state index contributed by atoms with van der Waals surface area (Å²) >= 11 is 0. The molecule has 0 amide bonds. The molecule has 26 heavy (non-hydrogen) atoms. The SMILES string of the molecule is Cc1noc(-c2ccc(N3CCCC(C(=O)c4nccn4C)C3)nc2)n1. The Morgan fingerprint density at radius 3 is 2.85 bits per heavy atom. The van der Waals surface area contributed by atoms with Gasteiger partial charge in [0, 0.05) is 44.6 Å². The molecule has 1 aliphatic rings. The van der Waals surface area contributed by atoms with E-state index in [1.807, 2.05) is 19.2 Å². The van der Waals surface area contributed by atoms with Crippen LogP contribution < -0.4 is 4.90 Å². The molecule has 0 spiro atoms. The number of imidazole rings is 1. The molecule has 0 saturated carbocycles. The molecule has 0 bridgehead atoms. The predicted octanol–water partition coefficient (Wildman–Crippen LogP) is 2.27. The van der Waals surface area contributed by atoms with Crippen LogP contribution in [0.5, 0.6) is 0 Å². The number of aryl methyl sites for hydroxylation is 2. The van der Waals surface area contributed by atoms with Crippen molar-refractivity contribution >= 4 is 11.6 Å². The van der Waals surface area contributed by atoms with Crippen molar-refractivity contribution in [1.29, 1.82) is 0 Å². The molecule has 4 rings (SSSR count). The molecule has 4 heterocycles. The number of hydrogen-bond acceptors (Lipinski definition) is 7. The number of carbonyl (C=O) groups excluding carboxylic acids is 1. The number of anilines is 1. The number of aromatic nitrogens is 5.